The molecule has 0 unspecified atom stereocenters. The minimum Gasteiger partial charge on any atom is -0.478 e. The van der Waals surface area contributed by atoms with Gasteiger partial charge in [-0.3, -0.25) is 0 Å². The molecule has 10 heteroatoms. The summed E-state index contributed by atoms with van der Waals surface area (Å²) in [6, 6.07) is 9.35. The third-order valence-corrected chi connectivity index (χ3v) is 7.17. The van der Waals surface area contributed by atoms with Gasteiger partial charge in [0, 0.05) is 4.88 Å². The number of benzene rings is 1. The van der Waals surface area contributed by atoms with E-state index in [1.54, 1.807) is 25.1 Å². The van der Waals surface area contributed by atoms with Crippen LogP contribution in [-0.2, 0) is 10.0 Å². The molecule has 7 nitrogen and oxygen atoms in total. The van der Waals surface area contributed by atoms with Crippen LogP contribution in [0.15, 0.2) is 49.6 Å². The Morgan fingerprint density at radius 1 is 1.24 bits per heavy atom. The summed E-state index contributed by atoms with van der Waals surface area (Å²) < 4.78 is 32.8. The number of hydrogen-bond donors (Lipinski definition) is 2. The Kier molecular flexibility index (Phi) is 4.67. The highest BCUT2D eigenvalue weighted by Crippen LogP contribution is 2.33. The number of nitrogens with zero attached hydrogens (tertiary/aromatic N) is 1. The molecule has 0 bridgehead atoms. The highest BCUT2D eigenvalue weighted by atomic mass is 79.9. The van der Waals surface area contributed by atoms with Crippen LogP contribution < -0.4 is 4.72 Å². The number of aryl methyl sites for hydroxylation is 1. The molecule has 130 valence electrons. The Balaban J connectivity index is 1.87. The van der Waals surface area contributed by atoms with Crippen molar-refractivity contribution < 1.29 is 22.8 Å². The van der Waals surface area contributed by atoms with Gasteiger partial charge in [0.05, 0.1) is 11.3 Å². The van der Waals surface area contributed by atoms with Gasteiger partial charge in [-0.15, -0.1) is 11.3 Å². The highest BCUT2D eigenvalue weighted by molar-refractivity contribution is 9.10. The van der Waals surface area contributed by atoms with Crippen LogP contribution in [0, 0.1) is 6.92 Å². The summed E-state index contributed by atoms with van der Waals surface area (Å²) >= 11 is 4.27. The Hall–Kier alpha value is -2.17. The molecule has 3 aromatic rings. The van der Waals surface area contributed by atoms with Crippen LogP contribution in [0.25, 0.3) is 10.4 Å². The van der Waals surface area contributed by atoms with Crippen molar-refractivity contribution >= 4 is 49.1 Å². The summed E-state index contributed by atoms with van der Waals surface area (Å²) in [5, 5.41) is 12.6. The molecule has 0 atom stereocenters. The van der Waals surface area contributed by atoms with E-state index in [4.69, 9.17) is 9.63 Å². The van der Waals surface area contributed by atoms with E-state index in [2.05, 4.69) is 25.8 Å². The quantitative estimate of drug-likeness (QED) is 0.618. The van der Waals surface area contributed by atoms with Gasteiger partial charge in [0.25, 0.3) is 15.9 Å². The van der Waals surface area contributed by atoms with E-state index in [1.165, 1.54) is 18.2 Å². The number of hydrogen-bond acceptors (Lipinski definition) is 6. The van der Waals surface area contributed by atoms with Crippen molar-refractivity contribution in [2.45, 2.75) is 11.1 Å². The number of sulfonamides is 1. The average molecular weight is 443 g/mol. The van der Waals surface area contributed by atoms with Crippen molar-refractivity contribution in [2.75, 3.05) is 4.72 Å². The van der Waals surface area contributed by atoms with Gasteiger partial charge in [0.1, 0.15) is 8.68 Å². The highest BCUT2D eigenvalue weighted by Gasteiger charge is 2.22. The summed E-state index contributed by atoms with van der Waals surface area (Å²) in [6.07, 6.45) is 0. The fraction of sp³-hybridized carbons (Fsp3) is 0.0667. The number of aromatic nitrogens is 1. The van der Waals surface area contributed by atoms with Crippen LogP contribution in [-0.4, -0.2) is 24.7 Å². The molecule has 0 aliphatic heterocycles. The molecule has 0 aliphatic carbocycles. The van der Waals surface area contributed by atoms with Gasteiger partial charge in [-0.25, -0.2) is 17.9 Å². The standard InChI is InChI=1S/C15H11BrN2O5S2/c1-8-13(16)14(23-17-8)18-25(21,22)12-7-6-11(24-12)9-2-4-10(5-3-9)15(19)20/h2-7,18H,1H3,(H,19,20). The van der Waals surface area contributed by atoms with Gasteiger partial charge in [0.15, 0.2) is 0 Å². The number of aromatic carboxylic acids is 1. The molecule has 2 heterocycles. The Morgan fingerprint density at radius 3 is 2.48 bits per heavy atom. The van der Waals surface area contributed by atoms with E-state index in [-0.39, 0.29) is 15.7 Å². The molecular weight excluding hydrogens is 432 g/mol. The van der Waals surface area contributed by atoms with Gasteiger partial charge in [0.2, 0.25) is 0 Å². The maximum atomic E-state index is 12.5. The topological polar surface area (TPSA) is 110 Å². The van der Waals surface area contributed by atoms with Crippen LogP contribution in [0.2, 0.25) is 0 Å². The fourth-order valence-electron chi connectivity index (χ4n) is 1.99. The van der Waals surface area contributed by atoms with Crippen molar-refractivity contribution in [1.29, 1.82) is 0 Å². The Labute approximate surface area is 155 Å². The lowest BCUT2D eigenvalue weighted by molar-refractivity contribution is 0.0697. The van der Waals surface area contributed by atoms with Crippen molar-refractivity contribution in [3.63, 3.8) is 0 Å². The lowest BCUT2D eigenvalue weighted by atomic mass is 10.1. The lowest BCUT2D eigenvalue weighted by Crippen LogP contribution is -2.11. The lowest BCUT2D eigenvalue weighted by Gasteiger charge is -2.02. The first kappa shape index (κ1) is 17.6. The van der Waals surface area contributed by atoms with Gasteiger partial charge in [-0.2, -0.15) is 0 Å². The zero-order chi connectivity index (χ0) is 18.2. The minimum atomic E-state index is -3.82. The first-order valence-corrected chi connectivity index (χ1v) is 9.95. The van der Waals surface area contributed by atoms with Crippen molar-refractivity contribution in [3.05, 3.63) is 52.1 Å². The van der Waals surface area contributed by atoms with Gasteiger partial charge < -0.3 is 9.63 Å². The molecule has 0 saturated carbocycles. The van der Waals surface area contributed by atoms with E-state index >= 15 is 0 Å². The monoisotopic (exact) mass is 442 g/mol. The molecule has 0 spiro atoms. The number of carboxylic acids is 1. The summed E-state index contributed by atoms with van der Waals surface area (Å²) in [5.74, 6) is -1.00. The molecule has 2 aromatic heterocycles. The number of halogens is 1. The first-order valence-electron chi connectivity index (χ1n) is 6.86. The smallest absolute Gasteiger partial charge is 0.335 e. The van der Waals surface area contributed by atoms with E-state index in [1.807, 2.05) is 0 Å². The zero-order valence-corrected chi connectivity index (χ0v) is 15.9. The molecule has 0 radical (unpaired) electrons. The maximum absolute atomic E-state index is 12.5. The van der Waals surface area contributed by atoms with E-state index in [0.29, 0.717) is 15.0 Å². The second-order valence-corrected chi connectivity index (χ2v) is 8.80. The van der Waals surface area contributed by atoms with Crippen LogP contribution in [0.1, 0.15) is 16.1 Å². The molecule has 3 rings (SSSR count). The first-order chi connectivity index (χ1) is 11.8. The van der Waals surface area contributed by atoms with Crippen LogP contribution >= 0.6 is 27.3 Å². The fourth-order valence-corrected chi connectivity index (χ4v) is 4.67. The molecular formula is C15H11BrN2O5S2. The molecule has 25 heavy (non-hydrogen) atoms. The summed E-state index contributed by atoms with van der Waals surface area (Å²) in [6.45, 7) is 1.68. The summed E-state index contributed by atoms with van der Waals surface area (Å²) in [4.78, 5) is 11.6. The second kappa shape index (κ2) is 6.62. The van der Waals surface area contributed by atoms with E-state index < -0.39 is 16.0 Å². The molecule has 0 fully saturated rings. The predicted octanol–water partition coefficient (Wildman–Crippen LogP) is 3.97. The number of anilines is 1. The van der Waals surface area contributed by atoms with Crippen LogP contribution in [0.4, 0.5) is 5.88 Å². The van der Waals surface area contributed by atoms with E-state index in [9.17, 15) is 13.2 Å². The van der Waals surface area contributed by atoms with E-state index in [0.717, 1.165) is 16.9 Å². The van der Waals surface area contributed by atoms with Crippen molar-refractivity contribution in [1.82, 2.24) is 5.16 Å². The molecule has 1 aromatic carbocycles. The van der Waals surface area contributed by atoms with Crippen LogP contribution in [0.5, 0.6) is 0 Å². The minimum absolute atomic E-state index is 0.0123. The zero-order valence-electron chi connectivity index (χ0n) is 12.7. The maximum Gasteiger partial charge on any atom is 0.335 e. The summed E-state index contributed by atoms with van der Waals surface area (Å²) in [7, 11) is -3.82. The SMILES string of the molecule is Cc1noc(NS(=O)(=O)c2ccc(-c3ccc(C(=O)O)cc3)s2)c1Br. The van der Waals surface area contributed by atoms with Crippen LogP contribution in [0.3, 0.4) is 0 Å². The Bertz CT molecular complexity index is 1040. The molecule has 0 aliphatic rings. The predicted molar refractivity (Wildman–Crippen MR) is 96.5 cm³/mol. The van der Waals surface area contributed by atoms with Gasteiger partial charge >= 0.3 is 5.97 Å². The largest absolute Gasteiger partial charge is 0.478 e. The Morgan fingerprint density at radius 2 is 1.92 bits per heavy atom. The number of nitrogens with one attached hydrogen (secondary N) is 1. The number of carboxylic acid groups (broad SMARTS) is 1. The number of thiophene rings is 1. The third-order valence-electron chi connectivity index (χ3n) is 3.28. The van der Waals surface area contributed by atoms with Crippen molar-refractivity contribution in [3.8, 4) is 10.4 Å². The third kappa shape index (κ3) is 3.60. The van der Waals surface area contributed by atoms with Gasteiger partial charge in [-0.05, 0) is 52.7 Å². The molecule has 2 N–H and O–H groups in total. The van der Waals surface area contributed by atoms with Gasteiger partial charge in [-0.1, -0.05) is 17.3 Å². The molecule has 0 saturated heterocycles. The molecule has 0 amide bonds. The van der Waals surface area contributed by atoms with Crippen molar-refractivity contribution in [2.24, 2.45) is 0 Å². The average Bonchev–Trinajstić information content (AvgIpc) is 3.18. The summed E-state index contributed by atoms with van der Waals surface area (Å²) in [5.41, 5.74) is 1.43. The second-order valence-electron chi connectivity index (χ2n) is 5.02. The number of carbonyl (C=O) groups is 1. The normalized spacial score (nSPS) is 11.4. The number of rotatable bonds is 5.